The average Bonchev–Trinajstić information content (AvgIpc) is 3.44. The number of hydrogen-bond acceptors (Lipinski definition) is 10. The fourth-order valence-corrected chi connectivity index (χ4v) is 9.12. The second-order valence-electron chi connectivity index (χ2n) is 18.2. The van der Waals surface area contributed by atoms with Crippen molar-refractivity contribution in [2.45, 2.75) is 58.3 Å². The van der Waals surface area contributed by atoms with Gasteiger partial charge >= 0.3 is 0 Å². The number of aryl methyl sites for hydroxylation is 1. The Balaban J connectivity index is 1.26. The number of phenols is 2. The maximum Gasteiger partial charge on any atom is 0.126 e. The average molecular weight is 1030 g/mol. The van der Waals surface area contributed by atoms with Crippen LogP contribution in [0.4, 0.5) is 22.7 Å². The summed E-state index contributed by atoms with van der Waals surface area (Å²) in [6.07, 6.45) is 12.5. The fraction of sp³-hybridized carbons (Fsp3) is 0.200. The normalized spacial score (nSPS) is 11.7. The summed E-state index contributed by atoms with van der Waals surface area (Å²) < 4.78 is 13.5. The molecule has 0 heterocycles. The second-order valence-corrected chi connectivity index (χ2v) is 19.1. The highest BCUT2D eigenvalue weighted by Gasteiger charge is 2.21. The van der Waals surface area contributed by atoms with E-state index in [1.807, 2.05) is 183 Å². The molecule has 75 heavy (non-hydrogen) atoms. The maximum absolute atomic E-state index is 12.7. The van der Waals surface area contributed by atoms with Crippen LogP contribution in [0.3, 0.4) is 0 Å². The van der Waals surface area contributed by atoms with Gasteiger partial charge in [-0.25, -0.2) is 0 Å². The number of unbranched alkanes of at least 4 members (excludes halogenated alkanes) is 2. The Morgan fingerprint density at radius 1 is 0.387 bits per heavy atom. The molecular weight excluding hydrogens is 965 g/mol. The lowest BCUT2D eigenvalue weighted by Gasteiger charge is -2.20. The summed E-state index contributed by atoms with van der Waals surface area (Å²) in [5.41, 5.74) is 12.4. The van der Waals surface area contributed by atoms with Crippen LogP contribution in [-0.2, 0) is 25.7 Å². The van der Waals surface area contributed by atoms with Crippen LogP contribution in [0, 0.1) is 0 Å². The van der Waals surface area contributed by atoms with Crippen molar-refractivity contribution in [1.82, 2.24) is 0 Å². The zero-order chi connectivity index (χ0) is 52.0. The van der Waals surface area contributed by atoms with E-state index in [1.54, 1.807) is 6.07 Å². The lowest BCUT2D eigenvalue weighted by molar-refractivity contribution is 0.304. The van der Waals surface area contributed by atoms with Crippen LogP contribution >= 0.6 is 25.3 Å². The van der Waals surface area contributed by atoms with E-state index in [0.29, 0.717) is 65.6 Å². The minimum atomic E-state index is 0.145. The van der Waals surface area contributed by atoms with E-state index in [2.05, 4.69) is 44.3 Å². The van der Waals surface area contributed by atoms with Gasteiger partial charge in [0.1, 0.15) is 23.0 Å². The van der Waals surface area contributed by atoms with Gasteiger partial charge in [0.25, 0.3) is 0 Å². The van der Waals surface area contributed by atoms with Gasteiger partial charge < -0.3 is 19.7 Å². The van der Waals surface area contributed by atoms with Crippen molar-refractivity contribution in [3.63, 3.8) is 0 Å². The predicted octanol–water partition coefficient (Wildman–Crippen LogP) is 15.6. The van der Waals surface area contributed by atoms with Crippen LogP contribution in [0.5, 0.6) is 23.0 Å². The molecular formula is C65H64N4O4S2. The monoisotopic (exact) mass is 1030 g/mol. The molecule has 0 atom stereocenters. The Hall–Kier alpha value is -7.66. The van der Waals surface area contributed by atoms with Crippen LogP contribution in [0.15, 0.2) is 196 Å². The number of hydrogen-bond donors (Lipinski definition) is 4. The Morgan fingerprint density at radius 2 is 0.720 bits per heavy atom. The van der Waals surface area contributed by atoms with E-state index < -0.39 is 0 Å². The van der Waals surface area contributed by atoms with E-state index in [-0.39, 0.29) is 17.9 Å². The smallest absolute Gasteiger partial charge is 0.126 e. The number of rotatable bonds is 25. The molecule has 8 nitrogen and oxygen atoms in total. The minimum Gasteiger partial charge on any atom is -0.508 e. The highest BCUT2D eigenvalue weighted by molar-refractivity contribution is 7.80. The van der Waals surface area contributed by atoms with Gasteiger partial charge in [0.05, 0.1) is 36.0 Å². The van der Waals surface area contributed by atoms with Crippen LogP contribution in [0.25, 0.3) is 0 Å². The summed E-state index contributed by atoms with van der Waals surface area (Å²) in [5, 5.41) is 24.1. The van der Waals surface area contributed by atoms with Gasteiger partial charge in [-0.15, -0.1) is 0 Å². The molecule has 8 aromatic carbocycles. The Bertz CT molecular complexity index is 3220. The molecule has 0 spiro atoms. The molecule has 0 aliphatic heterocycles. The molecule has 8 rings (SSSR count). The summed E-state index contributed by atoms with van der Waals surface area (Å²) >= 11 is 8.95. The Kier molecular flexibility index (Phi) is 20.1. The van der Waals surface area contributed by atoms with Gasteiger partial charge in [-0.1, -0.05) is 128 Å². The molecule has 0 bridgehead atoms. The van der Waals surface area contributed by atoms with Crippen LogP contribution in [0.2, 0.25) is 0 Å². The largest absolute Gasteiger partial charge is 0.508 e. The number of benzene rings is 8. The maximum atomic E-state index is 12.7. The van der Waals surface area contributed by atoms with Gasteiger partial charge in [0.15, 0.2) is 0 Å². The molecule has 0 radical (unpaired) electrons. The molecule has 0 unspecified atom stereocenters. The van der Waals surface area contributed by atoms with Gasteiger partial charge in [-0.3, -0.25) is 20.0 Å². The first-order chi connectivity index (χ1) is 36.8. The standard InChI is InChI=1S/C65H64N4O4S2/c1-2-51-36-59(67-44-48-21-9-4-10-22-48)41-56(64(51)72-29-15-17-31-74)34-53-38-60(68-45-49-23-11-5-12-24-49)39-54(63(53)71)35-57-42-61(69-46-50-25-13-6-14-26-50)40-55(65(57)73-30-16-18-32-75)33-52-37-58(27-28-62(52)70)66-43-47-19-7-3-8-20-47/h3-14,19-28,36-46,70-71,74-75H,2,15-18,29-35H2,1H3/b66-43+,67-44+,68-45+,69-46+. The van der Waals surface area contributed by atoms with Gasteiger partial charge in [0.2, 0.25) is 0 Å². The topological polar surface area (TPSA) is 108 Å². The molecule has 0 aliphatic carbocycles. The van der Waals surface area contributed by atoms with E-state index in [0.717, 1.165) is 99.6 Å². The first kappa shape index (κ1) is 53.6. The molecule has 380 valence electrons. The van der Waals surface area contributed by atoms with E-state index >= 15 is 0 Å². The molecule has 2 N–H and O–H groups in total. The summed E-state index contributed by atoms with van der Waals surface area (Å²) in [4.78, 5) is 19.8. The van der Waals surface area contributed by atoms with Crippen molar-refractivity contribution in [2.24, 2.45) is 20.0 Å². The first-order valence-corrected chi connectivity index (χ1v) is 26.9. The summed E-state index contributed by atoms with van der Waals surface area (Å²) in [5.74, 6) is 3.28. The molecule has 0 aromatic heterocycles. The number of aromatic hydroxyl groups is 2. The number of thiol groups is 2. The number of ether oxygens (including phenoxy) is 2. The third-order valence-electron chi connectivity index (χ3n) is 12.5. The van der Waals surface area contributed by atoms with E-state index in [4.69, 9.17) is 29.4 Å². The highest BCUT2D eigenvalue weighted by Crippen LogP contribution is 2.41. The molecule has 0 saturated heterocycles. The number of phenolic OH excluding ortho intramolecular Hbond substituents is 2. The fourth-order valence-electron chi connectivity index (χ4n) is 8.67. The van der Waals surface area contributed by atoms with Crippen LogP contribution in [0.1, 0.15) is 93.8 Å². The molecule has 0 fully saturated rings. The molecule has 0 amide bonds. The van der Waals surface area contributed by atoms with Gasteiger partial charge in [-0.2, -0.15) is 25.3 Å². The molecule has 10 heteroatoms. The Labute approximate surface area is 453 Å². The van der Waals surface area contributed by atoms with Crippen molar-refractivity contribution in [3.8, 4) is 23.0 Å². The summed E-state index contributed by atoms with van der Waals surface area (Å²) in [6, 6.07) is 57.5. The zero-order valence-electron chi connectivity index (χ0n) is 42.4. The predicted molar refractivity (Wildman–Crippen MR) is 319 cm³/mol. The van der Waals surface area contributed by atoms with Gasteiger partial charge in [0, 0.05) is 77.5 Å². The quantitative estimate of drug-likeness (QED) is 0.0260. The van der Waals surface area contributed by atoms with Crippen molar-refractivity contribution in [3.05, 3.63) is 237 Å². The molecule has 0 aliphatic rings. The van der Waals surface area contributed by atoms with Crippen molar-refractivity contribution in [1.29, 1.82) is 0 Å². The zero-order valence-corrected chi connectivity index (χ0v) is 44.2. The number of aliphatic imine (C=N–C) groups is 4. The van der Waals surface area contributed by atoms with Crippen LogP contribution < -0.4 is 9.47 Å². The third kappa shape index (κ3) is 15.9. The number of nitrogens with zero attached hydrogens (tertiary/aromatic N) is 4. The Morgan fingerprint density at radius 3 is 1.11 bits per heavy atom. The lowest BCUT2D eigenvalue weighted by Crippen LogP contribution is -2.06. The highest BCUT2D eigenvalue weighted by atomic mass is 32.1. The van der Waals surface area contributed by atoms with Crippen molar-refractivity contribution < 1.29 is 19.7 Å². The van der Waals surface area contributed by atoms with Gasteiger partial charge in [-0.05, 0) is 126 Å². The molecule has 8 aromatic rings. The van der Waals surface area contributed by atoms with E-state index in [1.165, 1.54) is 0 Å². The van der Waals surface area contributed by atoms with Crippen molar-refractivity contribution in [2.75, 3.05) is 24.7 Å². The molecule has 0 saturated carbocycles. The summed E-state index contributed by atoms with van der Waals surface area (Å²) in [6.45, 7) is 3.11. The third-order valence-corrected chi connectivity index (χ3v) is 13.2. The SMILES string of the molecule is CCc1cc(/N=C/c2ccccc2)cc(Cc2cc(/N=C/c3ccccc3)cc(Cc3cc(/N=C/c4ccccc4)cc(Cc4cc(/N=C/c5ccccc5)ccc4O)c3OCCCCS)c2O)c1OCCCCS. The summed E-state index contributed by atoms with van der Waals surface area (Å²) in [7, 11) is 0. The van der Waals surface area contributed by atoms with E-state index in [9.17, 15) is 10.2 Å². The lowest BCUT2D eigenvalue weighted by atomic mass is 9.92. The second kappa shape index (κ2) is 28.1. The van der Waals surface area contributed by atoms with Crippen molar-refractivity contribution >= 4 is 72.9 Å². The minimum absolute atomic E-state index is 0.145. The van der Waals surface area contributed by atoms with Crippen LogP contribution in [-0.4, -0.2) is 59.8 Å². The first-order valence-electron chi connectivity index (χ1n) is 25.7.